The molecule has 0 amide bonds. The molecule has 0 bridgehead atoms. The highest BCUT2D eigenvalue weighted by molar-refractivity contribution is 5.91. The Kier molecular flexibility index (Phi) is 8.33. The van der Waals surface area contributed by atoms with Gasteiger partial charge in [0.25, 0.3) is 0 Å². The van der Waals surface area contributed by atoms with E-state index in [4.69, 9.17) is 0 Å². The van der Waals surface area contributed by atoms with Gasteiger partial charge in [0.05, 0.1) is 0 Å². The molecule has 254 valence electrons. The quantitative estimate of drug-likeness (QED) is 0.154. The van der Waals surface area contributed by atoms with E-state index in [0.29, 0.717) is 0 Å². The van der Waals surface area contributed by atoms with E-state index in [1.807, 2.05) is 0 Å². The number of hydrogen-bond donors (Lipinski definition) is 0. The zero-order valence-corrected chi connectivity index (χ0v) is 30.2. The van der Waals surface area contributed by atoms with Crippen molar-refractivity contribution < 1.29 is 0 Å². The first kappa shape index (κ1) is 32.5. The van der Waals surface area contributed by atoms with Crippen LogP contribution in [-0.2, 0) is 5.41 Å². The summed E-state index contributed by atoms with van der Waals surface area (Å²) in [4.78, 5) is 2.38. The summed E-state index contributed by atoms with van der Waals surface area (Å²) in [6.45, 7) is 4.72. The van der Waals surface area contributed by atoms with E-state index in [1.54, 1.807) is 0 Å². The van der Waals surface area contributed by atoms with Crippen molar-refractivity contribution in [1.29, 1.82) is 0 Å². The van der Waals surface area contributed by atoms with Crippen LogP contribution in [0.3, 0.4) is 0 Å². The number of rotatable bonds is 8. The maximum Gasteiger partial charge on any atom is 0.0468 e. The molecule has 8 aromatic carbocycles. The molecule has 0 heterocycles. The fourth-order valence-corrected chi connectivity index (χ4v) is 8.22. The van der Waals surface area contributed by atoms with Crippen LogP contribution in [0.5, 0.6) is 0 Å². The Morgan fingerprint density at radius 2 is 0.774 bits per heavy atom. The van der Waals surface area contributed by atoms with E-state index in [9.17, 15) is 0 Å². The van der Waals surface area contributed by atoms with E-state index in [1.165, 1.54) is 66.8 Å². The van der Waals surface area contributed by atoms with Gasteiger partial charge < -0.3 is 4.90 Å². The highest BCUT2D eigenvalue weighted by Crippen LogP contribution is 2.52. The molecular formula is C52H41N. The zero-order chi connectivity index (χ0) is 35.8. The molecule has 0 saturated heterocycles. The van der Waals surface area contributed by atoms with Crippen LogP contribution in [0.4, 0.5) is 17.1 Å². The molecule has 0 fully saturated rings. The lowest BCUT2D eigenvalue weighted by molar-refractivity contribution is 0.565. The average Bonchev–Trinajstić information content (AvgIpc) is 3.50. The molecule has 1 heteroatoms. The van der Waals surface area contributed by atoms with Crippen LogP contribution < -0.4 is 4.90 Å². The summed E-state index contributed by atoms with van der Waals surface area (Å²) < 4.78 is 0. The van der Waals surface area contributed by atoms with E-state index >= 15 is 0 Å². The number of anilines is 3. The molecule has 53 heavy (non-hydrogen) atoms. The van der Waals surface area contributed by atoms with Crippen LogP contribution in [0.15, 0.2) is 200 Å². The Labute approximate surface area is 313 Å². The van der Waals surface area contributed by atoms with Crippen molar-refractivity contribution in [3.63, 3.8) is 0 Å². The number of benzene rings is 8. The summed E-state index contributed by atoms with van der Waals surface area (Å²) in [5.41, 5.74) is 18.6. The van der Waals surface area contributed by atoms with Crippen LogP contribution in [0.25, 0.3) is 55.6 Å². The van der Waals surface area contributed by atoms with Gasteiger partial charge in [0.1, 0.15) is 0 Å². The Morgan fingerprint density at radius 3 is 1.34 bits per heavy atom. The smallest absolute Gasteiger partial charge is 0.0468 e. The van der Waals surface area contributed by atoms with Gasteiger partial charge in [-0.25, -0.2) is 0 Å². The molecule has 1 nitrogen and oxygen atoms in total. The summed E-state index contributed by atoms with van der Waals surface area (Å²) in [6.07, 6.45) is 1.05. The Bertz CT molecular complexity index is 2430. The van der Waals surface area contributed by atoms with E-state index in [2.05, 4.69) is 219 Å². The van der Waals surface area contributed by atoms with E-state index in [0.717, 1.165) is 23.5 Å². The highest BCUT2D eigenvalue weighted by Gasteiger charge is 2.37. The maximum absolute atomic E-state index is 2.46. The Hall–Kier alpha value is -6.44. The van der Waals surface area contributed by atoms with Crippen LogP contribution in [0.1, 0.15) is 31.4 Å². The normalized spacial score (nSPS) is 14.4. The van der Waals surface area contributed by atoms with Crippen molar-refractivity contribution >= 4 is 17.1 Å². The first-order valence-corrected chi connectivity index (χ1v) is 18.7. The average molecular weight is 680 g/mol. The SMILES string of the molecule is CCC1(C)c2ccccc2-c2ccc(-c3ccc(N(c4ccc(-c5ccccc5)cc4)c4ccc(-c5ccccc5)cc4)cc3-c3ccccc3)cc21. The van der Waals surface area contributed by atoms with Crippen molar-refractivity contribution in [2.75, 3.05) is 4.90 Å². The van der Waals surface area contributed by atoms with Gasteiger partial charge in [-0.15, -0.1) is 0 Å². The lowest BCUT2D eigenvalue weighted by Crippen LogP contribution is -2.19. The van der Waals surface area contributed by atoms with Crippen molar-refractivity contribution in [3.8, 4) is 55.6 Å². The lowest BCUT2D eigenvalue weighted by Gasteiger charge is -2.28. The first-order chi connectivity index (χ1) is 26.1. The minimum Gasteiger partial charge on any atom is -0.310 e. The van der Waals surface area contributed by atoms with Gasteiger partial charge in [0, 0.05) is 22.5 Å². The second kappa shape index (κ2) is 13.6. The number of fused-ring (bicyclic) bond motifs is 3. The number of hydrogen-bond acceptors (Lipinski definition) is 1. The molecule has 1 unspecified atom stereocenters. The third kappa shape index (κ3) is 5.85. The molecule has 0 radical (unpaired) electrons. The van der Waals surface area contributed by atoms with Crippen LogP contribution in [0, 0.1) is 0 Å². The molecule has 0 saturated carbocycles. The molecule has 9 rings (SSSR count). The maximum atomic E-state index is 2.46. The third-order valence-corrected chi connectivity index (χ3v) is 11.3. The topological polar surface area (TPSA) is 3.24 Å². The summed E-state index contributed by atoms with van der Waals surface area (Å²) >= 11 is 0. The molecule has 1 atom stereocenters. The predicted octanol–water partition coefficient (Wildman–Crippen LogP) is 14.5. The second-order valence-corrected chi connectivity index (χ2v) is 14.2. The van der Waals surface area contributed by atoms with Gasteiger partial charge in [0.15, 0.2) is 0 Å². The van der Waals surface area contributed by atoms with Gasteiger partial charge in [-0.3, -0.25) is 0 Å². The zero-order valence-electron chi connectivity index (χ0n) is 30.2. The van der Waals surface area contributed by atoms with Gasteiger partial charge in [-0.05, 0) is 116 Å². The molecule has 1 aliphatic rings. The Balaban J connectivity index is 1.19. The van der Waals surface area contributed by atoms with E-state index in [-0.39, 0.29) is 5.41 Å². The van der Waals surface area contributed by atoms with Crippen LogP contribution in [-0.4, -0.2) is 0 Å². The van der Waals surface area contributed by atoms with Crippen molar-refractivity contribution in [3.05, 3.63) is 211 Å². The summed E-state index contributed by atoms with van der Waals surface area (Å²) in [7, 11) is 0. The summed E-state index contributed by atoms with van der Waals surface area (Å²) in [5, 5.41) is 0. The Morgan fingerprint density at radius 1 is 0.340 bits per heavy atom. The van der Waals surface area contributed by atoms with Gasteiger partial charge in [0.2, 0.25) is 0 Å². The van der Waals surface area contributed by atoms with Crippen LogP contribution in [0.2, 0.25) is 0 Å². The minimum absolute atomic E-state index is 0.0244. The highest BCUT2D eigenvalue weighted by atomic mass is 15.1. The fraction of sp³-hybridized carbons (Fsp3) is 0.0769. The molecule has 0 N–H and O–H groups in total. The van der Waals surface area contributed by atoms with Crippen molar-refractivity contribution in [1.82, 2.24) is 0 Å². The molecule has 1 aliphatic carbocycles. The van der Waals surface area contributed by atoms with E-state index < -0.39 is 0 Å². The lowest BCUT2D eigenvalue weighted by atomic mass is 9.77. The van der Waals surface area contributed by atoms with Crippen LogP contribution >= 0.6 is 0 Å². The molecule has 0 aliphatic heterocycles. The predicted molar refractivity (Wildman–Crippen MR) is 225 cm³/mol. The largest absolute Gasteiger partial charge is 0.310 e. The first-order valence-electron chi connectivity index (χ1n) is 18.7. The van der Waals surface area contributed by atoms with Gasteiger partial charge in [-0.1, -0.05) is 172 Å². The third-order valence-electron chi connectivity index (χ3n) is 11.3. The van der Waals surface area contributed by atoms with Crippen molar-refractivity contribution in [2.24, 2.45) is 0 Å². The van der Waals surface area contributed by atoms with Crippen molar-refractivity contribution in [2.45, 2.75) is 25.7 Å². The molecular weight excluding hydrogens is 639 g/mol. The molecule has 8 aromatic rings. The summed E-state index contributed by atoms with van der Waals surface area (Å²) in [5.74, 6) is 0. The molecule has 0 spiro atoms. The number of nitrogens with zero attached hydrogens (tertiary/aromatic N) is 1. The fourth-order valence-electron chi connectivity index (χ4n) is 8.22. The molecule has 0 aromatic heterocycles. The summed E-state index contributed by atoms with van der Waals surface area (Å²) in [6, 6.07) is 73.0. The minimum atomic E-state index is -0.0244. The monoisotopic (exact) mass is 679 g/mol. The van der Waals surface area contributed by atoms with Gasteiger partial charge >= 0.3 is 0 Å². The second-order valence-electron chi connectivity index (χ2n) is 14.2. The standard InChI is InChI=1S/C52H41N/c1-3-52(2)50-22-14-13-21-47(50)48-33-27-42(35-51(48)52)46-34-32-45(36-49(46)41-19-11-6-12-20-41)53(43-28-23-39(24-29-43)37-15-7-4-8-16-37)44-30-25-40(26-31-44)38-17-9-5-10-18-38/h4-36H,3H2,1-2H3. The van der Waals surface area contributed by atoms with Gasteiger partial charge in [-0.2, -0.15) is 0 Å².